The minimum absolute atomic E-state index is 0.119. The van der Waals surface area contributed by atoms with E-state index < -0.39 is 22.9 Å². The average molecular weight is 489 g/mol. The predicted molar refractivity (Wildman–Crippen MR) is 128 cm³/mol. The molecular formula is C24H19N5O7. The third-order valence-electron chi connectivity index (χ3n) is 5.11. The predicted octanol–water partition coefficient (Wildman–Crippen LogP) is 2.10. The van der Waals surface area contributed by atoms with Crippen molar-refractivity contribution < 1.29 is 25.2 Å². The van der Waals surface area contributed by atoms with E-state index in [4.69, 9.17) is 0 Å². The zero-order valence-corrected chi connectivity index (χ0v) is 18.5. The van der Waals surface area contributed by atoms with Crippen molar-refractivity contribution in [2.45, 2.75) is 0 Å². The molecule has 182 valence electrons. The Morgan fingerprint density at radius 1 is 0.778 bits per heavy atom. The summed E-state index contributed by atoms with van der Waals surface area (Å²) < 4.78 is 0.372. The van der Waals surface area contributed by atoms with E-state index in [0.717, 1.165) is 17.2 Å². The molecule has 0 unspecified atom stereocenters. The molecule has 1 aliphatic rings. The molecule has 3 heterocycles. The Bertz CT molecular complexity index is 1490. The Balaban J connectivity index is 1.74. The molecule has 2 amide bonds. The number of aromatic nitrogens is 2. The average Bonchev–Trinajstić information content (AvgIpc) is 2.84. The summed E-state index contributed by atoms with van der Waals surface area (Å²) in [5, 5.41) is 36.0. The van der Waals surface area contributed by atoms with Gasteiger partial charge in [0.1, 0.15) is 11.4 Å². The number of carbonyl (C=O) groups excluding carboxylic acids is 2. The van der Waals surface area contributed by atoms with E-state index in [9.17, 15) is 34.8 Å². The first-order chi connectivity index (χ1) is 17.2. The lowest BCUT2D eigenvalue weighted by molar-refractivity contribution is 0.0139. The number of hydroxylamine groups is 2. The van der Waals surface area contributed by atoms with Crippen molar-refractivity contribution in [3.63, 3.8) is 0 Å². The highest BCUT2D eigenvalue weighted by atomic mass is 16.5. The standard InChI is InChI=1S/C24H19N5O7/c1-14-5-2-6-18(27(14)34)15-11-16(25-23(32)19-7-3-9-21(30)28(19)35)13-17(12-15)26-24(33)20-8-4-10-22(31)29(20)36/h2-13,34-36H,1H2,(H,25,32)(H,26,33). The third kappa shape index (κ3) is 4.64. The molecule has 0 aliphatic carbocycles. The molecule has 4 rings (SSSR count). The fraction of sp³-hybridized carbons (Fsp3) is 0. The van der Waals surface area contributed by atoms with Gasteiger partial charge in [-0.25, -0.2) is 5.06 Å². The first-order valence-electron chi connectivity index (χ1n) is 10.3. The second-order valence-corrected chi connectivity index (χ2v) is 7.54. The van der Waals surface area contributed by atoms with E-state index in [0.29, 0.717) is 5.56 Å². The van der Waals surface area contributed by atoms with Crippen molar-refractivity contribution >= 4 is 28.9 Å². The van der Waals surface area contributed by atoms with Gasteiger partial charge in [0.05, 0.1) is 11.4 Å². The Labute approximate surface area is 202 Å². The van der Waals surface area contributed by atoms with Crippen molar-refractivity contribution in [3.8, 4) is 0 Å². The number of amides is 2. The highest BCUT2D eigenvalue weighted by molar-refractivity contribution is 6.05. The molecular weight excluding hydrogens is 470 g/mol. The van der Waals surface area contributed by atoms with E-state index in [1.54, 1.807) is 18.2 Å². The lowest BCUT2D eigenvalue weighted by Gasteiger charge is -2.24. The molecule has 0 fully saturated rings. The van der Waals surface area contributed by atoms with Crippen LogP contribution in [0.3, 0.4) is 0 Å². The van der Waals surface area contributed by atoms with E-state index in [-0.39, 0.29) is 43.6 Å². The normalized spacial score (nSPS) is 12.8. The largest absolute Gasteiger partial charge is 0.425 e. The molecule has 0 atom stereocenters. The van der Waals surface area contributed by atoms with E-state index >= 15 is 0 Å². The molecule has 12 nitrogen and oxygen atoms in total. The van der Waals surface area contributed by atoms with E-state index in [2.05, 4.69) is 17.2 Å². The Morgan fingerprint density at radius 3 is 1.78 bits per heavy atom. The van der Waals surface area contributed by atoms with Crippen LogP contribution in [0.2, 0.25) is 0 Å². The van der Waals surface area contributed by atoms with Crippen LogP contribution in [0.25, 0.3) is 5.70 Å². The van der Waals surface area contributed by atoms with Gasteiger partial charge in [-0.2, -0.15) is 0 Å². The molecule has 0 saturated carbocycles. The molecule has 0 saturated heterocycles. The van der Waals surface area contributed by atoms with Crippen LogP contribution in [0.15, 0.2) is 94.7 Å². The maximum Gasteiger partial charge on any atom is 0.283 e. The van der Waals surface area contributed by atoms with Crippen LogP contribution in [-0.4, -0.2) is 42.0 Å². The van der Waals surface area contributed by atoms with Gasteiger partial charge in [0.15, 0.2) is 0 Å². The maximum absolute atomic E-state index is 12.7. The molecule has 0 bridgehead atoms. The zero-order valence-electron chi connectivity index (χ0n) is 18.5. The van der Waals surface area contributed by atoms with Gasteiger partial charge in [-0.3, -0.25) is 24.4 Å². The molecule has 1 aliphatic heterocycles. The van der Waals surface area contributed by atoms with Crippen LogP contribution in [0.1, 0.15) is 26.5 Å². The van der Waals surface area contributed by atoms with Crippen molar-refractivity contribution in [1.82, 2.24) is 14.5 Å². The van der Waals surface area contributed by atoms with Gasteiger partial charge < -0.3 is 21.0 Å². The number of benzene rings is 1. The number of hydrogen-bond acceptors (Lipinski definition) is 8. The molecule has 5 N–H and O–H groups in total. The highest BCUT2D eigenvalue weighted by Gasteiger charge is 2.19. The Hall–Kier alpha value is -5.36. The van der Waals surface area contributed by atoms with Gasteiger partial charge in [0.2, 0.25) is 0 Å². The molecule has 2 aromatic heterocycles. The van der Waals surface area contributed by atoms with Gasteiger partial charge in [0, 0.05) is 29.1 Å². The van der Waals surface area contributed by atoms with Gasteiger partial charge in [-0.15, -0.1) is 9.46 Å². The number of hydrogen-bond donors (Lipinski definition) is 5. The van der Waals surface area contributed by atoms with Crippen molar-refractivity contribution in [1.29, 1.82) is 0 Å². The summed E-state index contributed by atoms with van der Waals surface area (Å²) in [5.41, 5.74) is -1.22. The molecule has 1 aromatic carbocycles. The number of pyridine rings is 2. The lowest BCUT2D eigenvalue weighted by atomic mass is 10.1. The lowest BCUT2D eigenvalue weighted by Crippen LogP contribution is -2.27. The topological polar surface area (TPSA) is 166 Å². The fourth-order valence-electron chi connectivity index (χ4n) is 3.38. The number of carbonyl (C=O) groups is 2. The number of nitrogens with one attached hydrogen (secondary N) is 2. The third-order valence-corrected chi connectivity index (χ3v) is 5.11. The van der Waals surface area contributed by atoms with Crippen LogP contribution in [-0.2, 0) is 0 Å². The number of rotatable bonds is 5. The zero-order chi connectivity index (χ0) is 26.0. The summed E-state index contributed by atoms with van der Waals surface area (Å²) >= 11 is 0. The van der Waals surface area contributed by atoms with E-state index in [1.807, 2.05) is 0 Å². The molecule has 12 heteroatoms. The number of nitrogens with zero attached hydrogens (tertiary/aromatic N) is 3. The van der Waals surface area contributed by atoms with Gasteiger partial charge in [-0.05, 0) is 42.5 Å². The van der Waals surface area contributed by atoms with Crippen molar-refractivity contribution in [3.05, 3.63) is 123 Å². The van der Waals surface area contributed by atoms with Crippen molar-refractivity contribution in [2.75, 3.05) is 10.6 Å². The monoisotopic (exact) mass is 489 g/mol. The molecule has 0 spiro atoms. The molecule has 36 heavy (non-hydrogen) atoms. The van der Waals surface area contributed by atoms with Crippen LogP contribution < -0.4 is 21.8 Å². The number of allylic oxidation sites excluding steroid dienone is 3. The van der Waals surface area contributed by atoms with Crippen LogP contribution in [0.4, 0.5) is 11.4 Å². The summed E-state index contributed by atoms with van der Waals surface area (Å²) in [6, 6.07) is 11.5. The SMILES string of the molecule is C=C1C=CC=C(c2cc(NC(=O)c3cccc(=O)n3O)cc(NC(=O)c3cccc(=O)n3O)c2)N1O. The summed E-state index contributed by atoms with van der Waals surface area (Å²) in [5.74, 6) is -1.67. The summed E-state index contributed by atoms with van der Waals surface area (Å²) in [6.07, 6.45) is 4.76. The fourth-order valence-corrected chi connectivity index (χ4v) is 3.38. The Morgan fingerprint density at radius 2 is 1.28 bits per heavy atom. The second-order valence-electron chi connectivity index (χ2n) is 7.54. The second kappa shape index (κ2) is 9.48. The van der Waals surface area contributed by atoms with Gasteiger partial charge >= 0.3 is 0 Å². The molecule has 3 aromatic rings. The minimum atomic E-state index is -0.834. The first kappa shape index (κ1) is 23.8. The minimum Gasteiger partial charge on any atom is -0.425 e. The highest BCUT2D eigenvalue weighted by Crippen LogP contribution is 2.30. The summed E-state index contributed by atoms with van der Waals surface area (Å²) in [7, 11) is 0. The summed E-state index contributed by atoms with van der Waals surface area (Å²) in [4.78, 5) is 48.8. The first-order valence-corrected chi connectivity index (χ1v) is 10.3. The summed E-state index contributed by atoms with van der Waals surface area (Å²) in [6.45, 7) is 3.72. The van der Waals surface area contributed by atoms with Crippen LogP contribution in [0.5, 0.6) is 0 Å². The van der Waals surface area contributed by atoms with E-state index in [1.165, 1.54) is 42.5 Å². The quantitative estimate of drug-likeness (QED) is 0.340. The number of anilines is 2. The smallest absolute Gasteiger partial charge is 0.283 e. The van der Waals surface area contributed by atoms with Gasteiger partial charge in [0.25, 0.3) is 22.9 Å². The molecule has 0 radical (unpaired) electrons. The maximum atomic E-state index is 12.7. The Kier molecular flexibility index (Phi) is 6.26. The van der Waals surface area contributed by atoms with Crippen LogP contribution in [0, 0.1) is 0 Å². The van der Waals surface area contributed by atoms with Crippen molar-refractivity contribution in [2.24, 2.45) is 0 Å². The van der Waals surface area contributed by atoms with Gasteiger partial charge in [-0.1, -0.05) is 24.8 Å². The van der Waals surface area contributed by atoms with Crippen LogP contribution >= 0.6 is 0 Å².